The molecule has 7 heteroatoms. The Kier molecular flexibility index (Phi) is 7.50. The van der Waals surface area contributed by atoms with Gasteiger partial charge in [-0.25, -0.2) is 0 Å². The Hall–Kier alpha value is -0.730. The van der Waals surface area contributed by atoms with Gasteiger partial charge in [-0.15, -0.1) is 24.0 Å². The van der Waals surface area contributed by atoms with Gasteiger partial charge in [0.25, 0.3) is 0 Å². The van der Waals surface area contributed by atoms with Crippen molar-refractivity contribution >= 4 is 47.2 Å². The number of aliphatic imine (C=N–C) groups is 1. The average molecular weight is 504 g/mol. The fourth-order valence-electron chi connectivity index (χ4n) is 4.22. The number of likely N-dealkylation sites (tertiary alicyclic amines) is 1. The first-order valence-corrected chi connectivity index (χ1v) is 10.3. The molecule has 3 fully saturated rings. The van der Waals surface area contributed by atoms with Gasteiger partial charge in [-0.05, 0) is 49.9 Å². The Bertz CT molecular complexity index is 643. The maximum absolute atomic E-state index is 6.13. The number of benzene rings is 1. The van der Waals surface area contributed by atoms with Gasteiger partial charge in [-0.1, -0.05) is 17.7 Å². The fourth-order valence-corrected chi connectivity index (χ4v) is 4.40. The van der Waals surface area contributed by atoms with E-state index in [1.165, 1.54) is 38.0 Å². The third kappa shape index (κ3) is 5.41. The molecule has 5 nitrogen and oxygen atoms in total. The SMILES string of the molecule is CN=C(NCC1CCN(C2CC2)C1)N1CCN(c2cccc(Cl)c2)CC1.I. The van der Waals surface area contributed by atoms with Crippen molar-refractivity contribution in [3.63, 3.8) is 0 Å². The van der Waals surface area contributed by atoms with Crippen LogP contribution in [0.25, 0.3) is 0 Å². The molecule has 27 heavy (non-hydrogen) atoms. The van der Waals surface area contributed by atoms with Crippen LogP contribution in [-0.2, 0) is 0 Å². The van der Waals surface area contributed by atoms with Gasteiger partial charge < -0.3 is 20.0 Å². The summed E-state index contributed by atoms with van der Waals surface area (Å²) in [5, 5.41) is 4.44. The highest BCUT2D eigenvalue weighted by molar-refractivity contribution is 14.0. The van der Waals surface area contributed by atoms with Crippen LogP contribution in [0.1, 0.15) is 19.3 Å². The molecule has 1 saturated carbocycles. The van der Waals surface area contributed by atoms with Crippen molar-refractivity contribution in [1.29, 1.82) is 0 Å². The highest BCUT2D eigenvalue weighted by Crippen LogP contribution is 2.31. The molecule has 0 amide bonds. The van der Waals surface area contributed by atoms with Crippen LogP contribution in [0.3, 0.4) is 0 Å². The van der Waals surface area contributed by atoms with E-state index in [-0.39, 0.29) is 24.0 Å². The van der Waals surface area contributed by atoms with E-state index in [1.54, 1.807) is 0 Å². The molecule has 1 aromatic carbocycles. The lowest BCUT2D eigenvalue weighted by Gasteiger charge is -2.38. The predicted octanol–water partition coefficient (Wildman–Crippen LogP) is 3.14. The zero-order valence-electron chi connectivity index (χ0n) is 16.1. The van der Waals surface area contributed by atoms with Gasteiger partial charge in [-0.2, -0.15) is 0 Å². The molecule has 1 N–H and O–H groups in total. The fraction of sp³-hybridized carbons (Fsp3) is 0.650. The van der Waals surface area contributed by atoms with Gasteiger partial charge in [0, 0.05) is 63.1 Å². The van der Waals surface area contributed by atoms with Crippen LogP contribution in [0.5, 0.6) is 0 Å². The summed E-state index contributed by atoms with van der Waals surface area (Å²) in [6.07, 6.45) is 4.15. The van der Waals surface area contributed by atoms with Crippen molar-refractivity contribution in [2.24, 2.45) is 10.9 Å². The summed E-state index contributed by atoms with van der Waals surface area (Å²) >= 11 is 6.13. The van der Waals surface area contributed by atoms with E-state index < -0.39 is 0 Å². The Morgan fingerprint density at radius 3 is 2.59 bits per heavy atom. The Morgan fingerprint density at radius 2 is 1.93 bits per heavy atom. The van der Waals surface area contributed by atoms with E-state index in [9.17, 15) is 0 Å². The molecule has 1 aromatic rings. The molecular formula is C20H31ClIN5. The molecule has 1 atom stereocenters. The molecule has 0 bridgehead atoms. The Morgan fingerprint density at radius 1 is 1.15 bits per heavy atom. The van der Waals surface area contributed by atoms with Crippen LogP contribution in [-0.4, -0.2) is 74.7 Å². The molecule has 2 saturated heterocycles. The number of rotatable bonds is 4. The van der Waals surface area contributed by atoms with Crippen molar-refractivity contribution in [2.45, 2.75) is 25.3 Å². The summed E-state index contributed by atoms with van der Waals surface area (Å²) in [7, 11) is 1.90. The molecule has 150 valence electrons. The number of guanidine groups is 1. The van der Waals surface area contributed by atoms with Crippen molar-refractivity contribution in [2.75, 3.05) is 57.8 Å². The smallest absolute Gasteiger partial charge is 0.193 e. The van der Waals surface area contributed by atoms with Crippen molar-refractivity contribution in [3.05, 3.63) is 29.3 Å². The van der Waals surface area contributed by atoms with Gasteiger partial charge in [0.1, 0.15) is 0 Å². The molecule has 1 unspecified atom stereocenters. The molecule has 0 aromatic heterocycles. The van der Waals surface area contributed by atoms with Gasteiger partial charge >= 0.3 is 0 Å². The number of nitrogens with one attached hydrogen (secondary N) is 1. The highest BCUT2D eigenvalue weighted by Gasteiger charge is 2.34. The third-order valence-corrected chi connectivity index (χ3v) is 6.13. The molecule has 0 radical (unpaired) electrons. The summed E-state index contributed by atoms with van der Waals surface area (Å²) in [6.45, 7) is 7.57. The van der Waals surface area contributed by atoms with Crippen LogP contribution in [0.4, 0.5) is 5.69 Å². The van der Waals surface area contributed by atoms with Gasteiger partial charge in [0.2, 0.25) is 0 Å². The van der Waals surface area contributed by atoms with E-state index in [0.29, 0.717) is 0 Å². The normalized spacial score (nSPS) is 24.1. The van der Waals surface area contributed by atoms with E-state index in [1.807, 2.05) is 19.2 Å². The maximum Gasteiger partial charge on any atom is 0.193 e. The summed E-state index contributed by atoms with van der Waals surface area (Å²) < 4.78 is 0. The minimum atomic E-state index is 0. The second kappa shape index (κ2) is 9.65. The quantitative estimate of drug-likeness (QED) is 0.389. The second-order valence-corrected chi connectivity index (χ2v) is 8.20. The van der Waals surface area contributed by atoms with Crippen LogP contribution >= 0.6 is 35.6 Å². The maximum atomic E-state index is 6.13. The Labute approximate surface area is 185 Å². The summed E-state index contributed by atoms with van der Waals surface area (Å²) in [5.74, 6) is 1.82. The van der Waals surface area contributed by atoms with Gasteiger partial charge in [0.15, 0.2) is 5.96 Å². The number of piperazine rings is 1. The minimum Gasteiger partial charge on any atom is -0.368 e. The lowest BCUT2D eigenvalue weighted by atomic mass is 10.1. The van der Waals surface area contributed by atoms with E-state index in [2.05, 4.69) is 37.1 Å². The van der Waals surface area contributed by atoms with Crippen molar-refractivity contribution in [1.82, 2.24) is 15.1 Å². The molecule has 2 heterocycles. The standard InChI is InChI=1S/C20H30ClN5.HI/c1-22-20(23-14-16-7-8-26(15-16)18-5-6-18)25-11-9-24(10-12-25)19-4-2-3-17(21)13-19;/h2-4,13,16,18H,5-12,14-15H2,1H3,(H,22,23);1H. The first-order valence-electron chi connectivity index (χ1n) is 9.93. The summed E-state index contributed by atoms with van der Waals surface area (Å²) in [6, 6.07) is 9.05. The lowest BCUT2D eigenvalue weighted by molar-refractivity contribution is 0.312. The van der Waals surface area contributed by atoms with Crippen LogP contribution in [0.2, 0.25) is 5.02 Å². The first-order chi connectivity index (χ1) is 12.7. The zero-order valence-corrected chi connectivity index (χ0v) is 19.2. The van der Waals surface area contributed by atoms with Crippen molar-refractivity contribution in [3.8, 4) is 0 Å². The first kappa shape index (κ1) is 21.0. The lowest BCUT2D eigenvalue weighted by Crippen LogP contribution is -2.53. The zero-order chi connectivity index (χ0) is 17.9. The van der Waals surface area contributed by atoms with Crippen LogP contribution < -0.4 is 10.2 Å². The number of halogens is 2. The van der Waals surface area contributed by atoms with Crippen molar-refractivity contribution < 1.29 is 0 Å². The Balaban J connectivity index is 0.00000210. The predicted molar refractivity (Wildman–Crippen MR) is 125 cm³/mol. The van der Waals surface area contributed by atoms with Crippen LogP contribution in [0, 0.1) is 5.92 Å². The topological polar surface area (TPSA) is 34.1 Å². The second-order valence-electron chi connectivity index (χ2n) is 7.76. The van der Waals surface area contributed by atoms with E-state index >= 15 is 0 Å². The average Bonchev–Trinajstić information content (AvgIpc) is 3.41. The van der Waals surface area contributed by atoms with Gasteiger partial charge in [-0.3, -0.25) is 4.99 Å². The number of hydrogen-bond donors (Lipinski definition) is 1. The minimum absolute atomic E-state index is 0. The van der Waals surface area contributed by atoms with Gasteiger partial charge in [0.05, 0.1) is 0 Å². The largest absolute Gasteiger partial charge is 0.368 e. The molecular weight excluding hydrogens is 473 g/mol. The highest BCUT2D eigenvalue weighted by atomic mass is 127. The van der Waals surface area contributed by atoms with E-state index in [4.69, 9.17) is 11.6 Å². The monoisotopic (exact) mass is 503 g/mol. The number of hydrogen-bond acceptors (Lipinski definition) is 3. The summed E-state index contributed by atoms with van der Waals surface area (Å²) in [5.41, 5.74) is 1.21. The number of nitrogens with zero attached hydrogens (tertiary/aromatic N) is 4. The molecule has 3 aliphatic rings. The third-order valence-electron chi connectivity index (χ3n) is 5.89. The summed E-state index contributed by atoms with van der Waals surface area (Å²) in [4.78, 5) is 12.0. The molecule has 4 rings (SSSR count). The molecule has 0 spiro atoms. The van der Waals surface area contributed by atoms with E-state index in [0.717, 1.165) is 55.7 Å². The molecule has 1 aliphatic carbocycles. The van der Waals surface area contributed by atoms with Crippen LogP contribution in [0.15, 0.2) is 29.3 Å². The number of anilines is 1. The molecule has 2 aliphatic heterocycles.